The first-order valence-corrected chi connectivity index (χ1v) is 12.5. The van der Waals surface area contributed by atoms with E-state index < -0.39 is 0 Å². The van der Waals surface area contributed by atoms with Gasteiger partial charge in [-0.25, -0.2) is 0 Å². The number of amides is 2. The molecular weight excluding hydrogens is 492 g/mol. The van der Waals surface area contributed by atoms with Crippen molar-refractivity contribution in [3.05, 3.63) is 93.9 Å². The van der Waals surface area contributed by atoms with Crippen LogP contribution in [0, 0.1) is 13.8 Å². The van der Waals surface area contributed by atoms with Crippen LogP contribution >= 0.6 is 24.0 Å². The van der Waals surface area contributed by atoms with Crippen LogP contribution in [-0.2, 0) is 16.1 Å². The van der Waals surface area contributed by atoms with E-state index in [-0.39, 0.29) is 18.4 Å². The number of nitrogens with one attached hydrogen (secondary N) is 1. The lowest BCUT2D eigenvalue weighted by Crippen LogP contribution is -2.27. The molecule has 184 valence electrons. The Bertz CT molecular complexity index is 1340. The molecule has 1 N–H and O–H groups in total. The lowest BCUT2D eigenvalue weighted by Gasteiger charge is -2.14. The molecule has 0 aliphatic carbocycles. The van der Waals surface area contributed by atoms with Crippen molar-refractivity contribution in [3.63, 3.8) is 0 Å². The summed E-state index contributed by atoms with van der Waals surface area (Å²) < 4.78 is 11.7. The fourth-order valence-corrected chi connectivity index (χ4v) is 4.86. The van der Waals surface area contributed by atoms with Gasteiger partial charge in [0.1, 0.15) is 4.32 Å². The molecule has 36 heavy (non-hydrogen) atoms. The van der Waals surface area contributed by atoms with Gasteiger partial charge in [0.05, 0.1) is 18.6 Å². The second-order valence-corrected chi connectivity index (χ2v) is 9.98. The first-order valence-electron chi connectivity index (χ1n) is 11.3. The molecular formula is C28H26N2O4S2. The summed E-state index contributed by atoms with van der Waals surface area (Å²) in [6.07, 6.45) is 1.78. The highest BCUT2D eigenvalue weighted by atomic mass is 32.2. The average molecular weight is 519 g/mol. The molecule has 1 aliphatic heterocycles. The van der Waals surface area contributed by atoms with Crippen molar-refractivity contribution in [1.29, 1.82) is 0 Å². The Morgan fingerprint density at radius 2 is 1.81 bits per heavy atom. The van der Waals surface area contributed by atoms with Gasteiger partial charge in [-0.2, -0.15) is 0 Å². The number of nitrogens with zero attached hydrogens (tertiary/aromatic N) is 1. The van der Waals surface area contributed by atoms with E-state index >= 15 is 0 Å². The van der Waals surface area contributed by atoms with Gasteiger partial charge in [0.25, 0.3) is 11.8 Å². The molecule has 1 aliphatic rings. The van der Waals surface area contributed by atoms with Crippen LogP contribution in [0.1, 0.15) is 22.3 Å². The molecule has 8 heteroatoms. The number of carbonyl (C=O) groups is 2. The number of aryl methyl sites for hydroxylation is 2. The van der Waals surface area contributed by atoms with Gasteiger partial charge in [-0.05, 0) is 66.4 Å². The molecule has 0 saturated carbocycles. The molecule has 0 atom stereocenters. The SMILES string of the molecule is COc1cc(C=C2SC(=S)N(Cc3ccccc3)C2=O)ccc1OCC(=O)Nc1ccc(C)c(C)c1. The minimum atomic E-state index is -0.272. The standard InChI is InChI=1S/C28H26N2O4S2/c1-18-9-11-22(13-19(18)2)29-26(31)17-34-23-12-10-21(14-24(23)33-3)15-25-27(32)30(28(35)36-25)16-20-7-5-4-6-8-20/h4-15H,16-17H2,1-3H3,(H,29,31). The molecule has 0 aromatic heterocycles. The molecule has 3 aromatic carbocycles. The predicted octanol–water partition coefficient (Wildman–Crippen LogP) is 5.73. The van der Waals surface area contributed by atoms with Crippen molar-refractivity contribution < 1.29 is 19.1 Å². The van der Waals surface area contributed by atoms with Crippen molar-refractivity contribution in [3.8, 4) is 11.5 Å². The van der Waals surface area contributed by atoms with E-state index in [1.165, 1.54) is 18.9 Å². The first-order chi connectivity index (χ1) is 17.3. The van der Waals surface area contributed by atoms with Crippen molar-refractivity contribution >= 4 is 51.9 Å². The monoisotopic (exact) mass is 518 g/mol. The minimum absolute atomic E-state index is 0.129. The van der Waals surface area contributed by atoms with Crippen LogP contribution in [0.25, 0.3) is 6.08 Å². The van der Waals surface area contributed by atoms with Crippen LogP contribution in [0.4, 0.5) is 5.69 Å². The van der Waals surface area contributed by atoms with Crippen molar-refractivity contribution in [2.45, 2.75) is 20.4 Å². The second kappa shape index (κ2) is 11.4. The number of rotatable bonds is 8. The lowest BCUT2D eigenvalue weighted by molar-refractivity contribution is -0.122. The molecule has 4 rings (SSSR count). The van der Waals surface area contributed by atoms with Crippen LogP contribution in [0.2, 0.25) is 0 Å². The van der Waals surface area contributed by atoms with E-state index in [1.807, 2.05) is 68.4 Å². The Kier molecular flexibility index (Phi) is 8.07. The Morgan fingerprint density at radius 1 is 1.03 bits per heavy atom. The van der Waals surface area contributed by atoms with Gasteiger partial charge in [0.2, 0.25) is 0 Å². The van der Waals surface area contributed by atoms with Gasteiger partial charge in [0.15, 0.2) is 18.1 Å². The molecule has 0 radical (unpaired) electrons. The maximum absolute atomic E-state index is 13.0. The van der Waals surface area contributed by atoms with E-state index in [1.54, 1.807) is 23.1 Å². The van der Waals surface area contributed by atoms with Crippen LogP contribution in [0.5, 0.6) is 11.5 Å². The van der Waals surface area contributed by atoms with E-state index in [0.717, 1.165) is 27.9 Å². The van der Waals surface area contributed by atoms with E-state index in [0.29, 0.717) is 27.3 Å². The number of benzene rings is 3. The number of thioether (sulfide) groups is 1. The van der Waals surface area contributed by atoms with Crippen molar-refractivity contribution in [2.24, 2.45) is 0 Å². The highest BCUT2D eigenvalue weighted by Crippen LogP contribution is 2.35. The van der Waals surface area contributed by atoms with Crippen LogP contribution in [0.3, 0.4) is 0 Å². The van der Waals surface area contributed by atoms with Crippen molar-refractivity contribution in [2.75, 3.05) is 19.0 Å². The zero-order valence-corrected chi connectivity index (χ0v) is 21.9. The van der Waals surface area contributed by atoms with Gasteiger partial charge in [0, 0.05) is 5.69 Å². The molecule has 0 unspecified atom stereocenters. The Balaban J connectivity index is 1.41. The van der Waals surface area contributed by atoms with Gasteiger partial charge in [-0.1, -0.05) is 66.4 Å². The van der Waals surface area contributed by atoms with Crippen LogP contribution < -0.4 is 14.8 Å². The highest BCUT2D eigenvalue weighted by Gasteiger charge is 2.32. The fraction of sp³-hybridized carbons (Fsp3) is 0.179. The number of ether oxygens (including phenoxy) is 2. The Hall–Kier alpha value is -3.62. The summed E-state index contributed by atoms with van der Waals surface area (Å²) in [6, 6.07) is 20.8. The maximum Gasteiger partial charge on any atom is 0.266 e. The summed E-state index contributed by atoms with van der Waals surface area (Å²) in [5.74, 6) is 0.492. The predicted molar refractivity (Wildman–Crippen MR) is 148 cm³/mol. The van der Waals surface area contributed by atoms with Gasteiger partial charge in [-0.15, -0.1) is 0 Å². The summed E-state index contributed by atoms with van der Waals surface area (Å²) in [5.41, 5.74) is 4.76. The smallest absolute Gasteiger partial charge is 0.266 e. The average Bonchev–Trinajstić information content (AvgIpc) is 3.13. The molecule has 0 bridgehead atoms. The lowest BCUT2D eigenvalue weighted by atomic mass is 10.1. The van der Waals surface area contributed by atoms with Gasteiger partial charge < -0.3 is 14.8 Å². The molecule has 0 spiro atoms. The molecule has 1 saturated heterocycles. The third kappa shape index (κ3) is 6.13. The normalized spacial score (nSPS) is 14.3. The molecule has 1 heterocycles. The summed E-state index contributed by atoms with van der Waals surface area (Å²) in [6.45, 7) is 4.28. The molecule has 3 aromatic rings. The Labute approximate surface area is 220 Å². The second-order valence-electron chi connectivity index (χ2n) is 8.30. The number of anilines is 1. The summed E-state index contributed by atoms with van der Waals surface area (Å²) >= 11 is 6.72. The van der Waals surface area contributed by atoms with Gasteiger partial charge in [-0.3, -0.25) is 14.5 Å². The van der Waals surface area contributed by atoms with E-state index in [9.17, 15) is 9.59 Å². The third-order valence-electron chi connectivity index (χ3n) is 5.69. The topological polar surface area (TPSA) is 67.9 Å². The quantitative estimate of drug-likeness (QED) is 0.303. The first kappa shape index (κ1) is 25.5. The largest absolute Gasteiger partial charge is 0.493 e. The summed E-state index contributed by atoms with van der Waals surface area (Å²) in [4.78, 5) is 27.5. The number of thiocarbonyl (C=S) groups is 1. The molecule has 6 nitrogen and oxygen atoms in total. The fourth-order valence-electron chi connectivity index (χ4n) is 3.61. The molecule has 2 amide bonds. The summed E-state index contributed by atoms with van der Waals surface area (Å²) in [5, 5.41) is 2.84. The maximum atomic E-state index is 13.0. The number of hydrogen-bond acceptors (Lipinski definition) is 6. The minimum Gasteiger partial charge on any atom is -0.493 e. The van der Waals surface area contributed by atoms with Gasteiger partial charge >= 0.3 is 0 Å². The molecule has 1 fully saturated rings. The number of hydrogen-bond donors (Lipinski definition) is 1. The number of carbonyl (C=O) groups excluding carboxylic acids is 2. The highest BCUT2D eigenvalue weighted by molar-refractivity contribution is 8.26. The van der Waals surface area contributed by atoms with E-state index in [4.69, 9.17) is 21.7 Å². The third-order valence-corrected chi connectivity index (χ3v) is 7.07. The zero-order chi connectivity index (χ0) is 25.7. The zero-order valence-electron chi connectivity index (χ0n) is 20.2. The Morgan fingerprint density at radius 3 is 2.53 bits per heavy atom. The van der Waals surface area contributed by atoms with Crippen LogP contribution in [-0.4, -0.2) is 34.8 Å². The van der Waals surface area contributed by atoms with Crippen molar-refractivity contribution in [1.82, 2.24) is 4.90 Å². The van der Waals surface area contributed by atoms with E-state index in [2.05, 4.69) is 5.32 Å². The van der Waals surface area contributed by atoms with Crippen LogP contribution in [0.15, 0.2) is 71.6 Å². The summed E-state index contributed by atoms with van der Waals surface area (Å²) in [7, 11) is 1.53. The number of methoxy groups -OCH3 is 1.